The van der Waals surface area contributed by atoms with Gasteiger partial charge in [-0.05, 0) is 59.9 Å². The second-order valence-electron chi connectivity index (χ2n) is 11.2. The topological polar surface area (TPSA) is 43.7 Å². The third-order valence-electron chi connectivity index (χ3n) is 7.22. The van der Waals surface area contributed by atoms with E-state index >= 15 is 0 Å². The van der Waals surface area contributed by atoms with E-state index in [-0.39, 0.29) is 17.2 Å². The van der Waals surface area contributed by atoms with Crippen LogP contribution in [0.25, 0.3) is 0 Å². The highest BCUT2D eigenvalue weighted by Crippen LogP contribution is 2.38. The van der Waals surface area contributed by atoms with Gasteiger partial charge in [0.05, 0.1) is 6.10 Å². The van der Waals surface area contributed by atoms with Crippen LogP contribution in [-0.2, 0) is 0 Å². The summed E-state index contributed by atoms with van der Waals surface area (Å²) in [4.78, 5) is 2.65. The number of likely N-dealkylation sites (tertiary alicyclic amines) is 1. The van der Waals surface area contributed by atoms with Crippen LogP contribution in [0.1, 0.15) is 143 Å². The summed E-state index contributed by atoms with van der Waals surface area (Å²) in [6, 6.07) is 0. The van der Waals surface area contributed by atoms with Gasteiger partial charge < -0.3 is 10.2 Å². The van der Waals surface area contributed by atoms with Gasteiger partial charge >= 0.3 is 0 Å². The van der Waals surface area contributed by atoms with Crippen LogP contribution in [0.5, 0.6) is 0 Å². The van der Waals surface area contributed by atoms with Crippen LogP contribution in [0.2, 0.25) is 0 Å². The number of nitrogens with zero attached hydrogens (tertiary/aromatic N) is 1. The number of hydrogen-bond acceptors (Lipinski definition) is 3. The van der Waals surface area contributed by atoms with E-state index in [2.05, 4.69) is 32.6 Å². The molecule has 1 aliphatic rings. The van der Waals surface area contributed by atoms with Gasteiger partial charge in [0.25, 0.3) is 0 Å². The van der Waals surface area contributed by atoms with Gasteiger partial charge in [-0.2, -0.15) is 0 Å². The maximum Gasteiger partial charge on any atom is 0.0575 e. The molecule has 0 aromatic carbocycles. The molecular weight excluding hydrogens is 370 g/mol. The Kier molecular flexibility index (Phi) is 14.6. The summed E-state index contributed by atoms with van der Waals surface area (Å²) in [5.41, 5.74) is 0.224. The minimum absolute atomic E-state index is 0.112. The second-order valence-corrected chi connectivity index (χ2v) is 11.2. The zero-order valence-electron chi connectivity index (χ0n) is 21.1. The maximum absolute atomic E-state index is 10.2. The maximum atomic E-state index is 10.2. The van der Waals surface area contributed by atoms with Gasteiger partial charge in [0.15, 0.2) is 0 Å². The van der Waals surface area contributed by atoms with E-state index in [4.69, 9.17) is 5.11 Å². The van der Waals surface area contributed by atoms with Gasteiger partial charge in [0, 0.05) is 17.7 Å². The van der Waals surface area contributed by atoms with Crippen LogP contribution in [0.15, 0.2) is 0 Å². The summed E-state index contributed by atoms with van der Waals surface area (Å²) in [5, 5.41) is 18.9. The van der Waals surface area contributed by atoms with Crippen LogP contribution >= 0.6 is 0 Å². The fraction of sp³-hybridized carbons (Fsp3) is 1.00. The number of piperidine rings is 1. The Morgan fingerprint density at radius 2 is 0.867 bits per heavy atom. The van der Waals surface area contributed by atoms with E-state index < -0.39 is 0 Å². The summed E-state index contributed by atoms with van der Waals surface area (Å²) in [6.45, 7) is 10.7. The molecule has 180 valence electrons. The van der Waals surface area contributed by atoms with Crippen molar-refractivity contribution in [3.63, 3.8) is 0 Å². The predicted molar refractivity (Wildman–Crippen MR) is 131 cm³/mol. The molecule has 3 heteroatoms. The lowest BCUT2D eigenvalue weighted by Crippen LogP contribution is -2.61. The largest absolute Gasteiger partial charge is 0.396 e. The SMILES string of the molecule is CC1(C)CC(O)CC(C)(C)N1CCCCCCCCCCCCCCCCCCO. The molecule has 1 aliphatic heterocycles. The van der Waals surface area contributed by atoms with Gasteiger partial charge in [-0.1, -0.05) is 89.9 Å². The van der Waals surface area contributed by atoms with Crippen molar-refractivity contribution in [2.24, 2.45) is 0 Å². The van der Waals surface area contributed by atoms with Gasteiger partial charge in [0.2, 0.25) is 0 Å². The molecule has 0 saturated carbocycles. The third kappa shape index (κ3) is 12.1. The molecular formula is C27H55NO2. The minimum atomic E-state index is -0.145. The lowest BCUT2D eigenvalue weighted by molar-refractivity contribution is -0.0810. The van der Waals surface area contributed by atoms with Crippen LogP contribution in [0, 0.1) is 0 Å². The van der Waals surface area contributed by atoms with E-state index in [0.29, 0.717) is 6.61 Å². The fourth-order valence-corrected chi connectivity index (χ4v) is 5.73. The first kappa shape index (κ1) is 27.9. The van der Waals surface area contributed by atoms with E-state index in [0.717, 1.165) is 19.3 Å². The fourth-order valence-electron chi connectivity index (χ4n) is 5.73. The Morgan fingerprint density at radius 1 is 0.567 bits per heavy atom. The van der Waals surface area contributed by atoms with Crippen LogP contribution in [0.3, 0.4) is 0 Å². The highest BCUT2D eigenvalue weighted by atomic mass is 16.3. The summed E-state index contributed by atoms with van der Waals surface area (Å²) >= 11 is 0. The first-order valence-corrected chi connectivity index (χ1v) is 13.4. The van der Waals surface area contributed by atoms with Crippen LogP contribution < -0.4 is 0 Å². The zero-order chi connectivity index (χ0) is 22.3. The number of aliphatic hydroxyl groups excluding tert-OH is 2. The van der Waals surface area contributed by atoms with Crippen molar-refractivity contribution in [2.75, 3.05) is 13.2 Å². The molecule has 0 bridgehead atoms. The first-order chi connectivity index (χ1) is 14.3. The number of aliphatic hydroxyl groups is 2. The second kappa shape index (κ2) is 15.6. The Labute approximate surface area is 189 Å². The van der Waals surface area contributed by atoms with Crippen LogP contribution in [0.4, 0.5) is 0 Å². The van der Waals surface area contributed by atoms with Crippen molar-refractivity contribution in [1.82, 2.24) is 4.90 Å². The van der Waals surface area contributed by atoms with Crippen molar-refractivity contribution in [1.29, 1.82) is 0 Å². The normalized spacial score (nSPS) is 19.4. The molecule has 0 atom stereocenters. The van der Waals surface area contributed by atoms with E-state index in [1.165, 1.54) is 103 Å². The quantitative estimate of drug-likeness (QED) is 0.228. The molecule has 3 nitrogen and oxygen atoms in total. The zero-order valence-corrected chi connectivity index (χ0v) is 21.1. The highest BCUT2D eigenvalue weighted by Gasteiger charge is 2.44. The van der Waals surface area contributed by atoms with Crippen LogP contribution in [-0.4, -0.2) is 45.4 Å². The van der Waals surface area contributed by atoms with Crippen molar-refractivity contribution >= 4 is 0 Å². The summed E-state index contributed by atoms with van der Waals surface area (Å²) in [6.07, 6.45) is 23.3. The van der Waals surface area contributed by atoms with Gasteiger partial charge in [-0.15, -0.1) is 0 Å². The molecule has 0 radical (unpaired) electrons. The van der Waals surface area contributed by atoms with Crippen molar-refractivity contribution in [2.45, 2.75) is 160 Å². The van der Waals surface area contributed by atoms with Gasteiger partial charge in [0.1, 0.15) is 0 Å². The molecule has 1 fully saturated rings. The van der Waals surface area contributed by atoms with Crippen molar-refractivity contribution in [3.05, 3.63) is 0 Å². The summed E-state index contributed by atoms with van der Waals surface area (Å²) in [7, 11) is 0. The molecule has 0 aromatic heterocycles. The lowest BCUT2D eigenvalue weighted by atomic mass is 9.78. The Bertz CT molecular complexity index is 390. The molecule has 2 N–H and O–H groups in total. The number of rotatable bonds is 18. The molecule has 0 spiro atoms. The first-order valence-electron chi connectivity index (χ1n) is 13.4. The van der Waals surface area contributed by atoms with E-state index in [1.807, 2.05) is 0 Å². The average molecular weight is 426 g/mol. The Morgan fingerprint density at radius 3 is 1.20 bits per heavy atom. The molecule has 30 heavy (non-hydrogen) atoms. The smallest absolute Gasteiger partial charge is 0.0575 e. The number of unbranched alkanes of at least 4 members (excludes halogenated alkanes) is 15. The van der Waals surface area contributed by atoms with E-state index in [1.54, 1.807) is 0 Å². The Balaban J connectivity index is 1.90. The molecule has 1 heterocycles. The summed E-state index contributed by atoms with van der Waals surface area (Å²) in [5.74, 6) is 0. The molecule has 1 saturated heterocycles. The van der Waals surface area contributed by atoms with Crippen molar-refractivity contribution < 1.29 is 10.2 Å². The van der Waals surface area contributed by atoms with Gasteiger partial charge in [-0.25, -0.2) is 0 Å². The molecule has 0 aliphatic carbocycles. The molecule has 0 amide bonds. The average Bonchev–Trinajstić information content (AvgIpc) is 2.64. The summed E-state index contributed by atoms with van der Waals surface area (Å²) < 4.78 is 0. The van der Waals surface area contributed by atoms with E-state index in [9.17, 15) is 5.11 Å². The monoisotopic (exact) mass is 425 g/mol. The lowest BCUT2D eigenvalue weighted by Gasteiger charge is -2.54. The van der Waals surface area contributed by atoms with Gasteiger partial charge in [-0.3, -0.25) is 4.90 Å². The highest BCUT2D eigenvalue weighted by molar-refractivity contribution is 4.99. The minimum Gasteiger partial charge on any atom is -0.396 e. The Hall–Kier alpha value is -0.120. The standard InChI is InChI=1S/C27H55NO2/c1-26(2)23-25(30)24-27(3,4)28(26)21-19-17-15-13-11-9-7-5-6-8-10-12-14-16-18-20-22-29/h25,29-30H,5-24H2,1-4H3. The number of hydrogen-bond donors (Lipinski definition) is 2. The molecule has 0 unspecified atom stereocenters. The molecule has 1 rings (SSSR count). The third-order valence-corrected chi connectivity index (χ3v) is 7.22. The molecule has 0 aromatic rings. The van der Waals surface area contributed by atoms with Crippen molar-refractivity contribution in [3.8, 4) is 0 Å². The predicted octanol–water partition coefficient (Wildman–Crippen LogP) is 7.23.